The number of methoxy groups -OCH3 is 1. The third-order valence-electron chi connectivity index (χ3n) is 8.54. The molecule has 230 valence electrons. The largest absolute Gasteiger partial charge is 0.497 e. The highest BCUT2D eigenvalue weighted by Gasteiger charge is 2.38. The van der Waals surface area contributed by atoms with Gasteiger partial charge in [0.05, 0.1) is 34.9 Å². The molecule has 6 rings (SSSR count). The second kappa shape index (κ2) is 11.0. The maximum atomic E-state index is 13.7. The molecule has 0 saturated heterocycles. The first kappa shape index (κ1) is 29.7. The van der Waals surface area contributed by atoms with Crippen LogP contribution in [0.5, 0.6) is 5.75 Å². The van der Waals surface area contributed by atoms with Crippen LogP contribution >= 0.6 is 0 Å². The van der Waals surface area contributed by atoms with Gasteiger partial charge in [0.15, 0.2) is 5.65 Å². The van der Waals surface area contributed by atoms with Crippen molar-refractivity contribution >= 4 is 32.8 Å². The number of benzene rings is 2. The van der Waals surface area contributed by atoms with Crippen molar-refractivity contribution in [2.45, 2.75) is 75.8 Å². The summed E-state index contributed by atoms with van der Waals surface area (Å²) < 4.78 is 36.1. The van der Waals surface area contributed by atoms with Crippen molar-refractivity contribution in [2.75, 3.05) is 7.11 Å². The van der Waals surface area contributed by atoms with Crippen LogP contribution in [0.15, 0.2) is 71.9 Å². The molecule has 5 aromatic rings. The van der Waals surface area contributed by atoms with E-state index in [1.54, 1.807) is 54.7 Å². The molecular weight excluding hydrogens is 578 g/mol. The lowest BCUT2D eigenvalue weighted by Gasteiger charge is -2.43. The second-order valence-electron chi connectivity index (χ2n) is 12.5. The van der Waals surface area contributed by atoms with E-state index in [2.05, 4.69) is 4.98 Å². The molecule has 44 heavy (non-hydrogen) atoms. The van der Waals surface area contributed by atoms with Gasteiger partial charge in [-0.2, -0.15) is 0 Å². The van der Waals surface area contributed by atoms with Crippen LogP contribution in [0, 0.1) is 6.92 Å². The molecule has 0 radical (unpaired) electrons. The number of ether oxygens (including phenoxy) is 1. The molecule has 0 unspecified atom stereocenters. The highest BCUT2D eigenvalue weighted by Crippen LogP contribution is 2.40. The number of nitrogens with zero attached hydrogens (tertiary/aromatic N) is 5. The fourth-order valence-electron chi connectivity index (χ4n) is 6.52. The van der Waals surface area contributed by atoms with Gasteiger partial charge in [-0.1, -0.05) is 24.1 Å². The zero-order chi connectivity index (χ0) is 31.4. The van der Waals surface area contributed by atoms with Crippen LogP contribution in [0.25, 0.3) is 27.9 Å². The molecule has 1 N–H and O–H groups in total. The van der Waals surface area contributed by atoms with Crippen molar-refractivity contribution in [2.24, 2.45) is 0 Å². The minimum Gasteiger partial charge on any atom is -0.497 e. The summed E-state index contributed by atoms with van der Waals surface area (Å²) in [5, 5.41) is 10.1. The number of rotatable bonds is 6. The van der Waals surface area contributed by atoms with Gasteiger partial charge in [-0.15, -0.1) is 0 Å². The van der Waals surface area contributed by atoms with Gasteiger partial charge in [0.1, 0.15) is 11.6 Å². The van der Waals surface area contributed by atoms with Crippen molar-refractivity contribution in [3.8, 4) is 17.0 Å². The Morgan fingerprint density at radius 3 is 2.36 bits per heavy atom. The molecule has 10 nitrogen and oxygen atoms in total. The molecule has 0 aliphatic heterocycles. The Labute approximate surface area is 257 Å². The monoisotopic (exact) mass is 615 g/mol. The summed E-state index contributed by atoms with van der Waals surface area (Å²) in [5.74, 6) is 1.44. The number of hydrogen-bond acceptors (Lipinski definition) is 6. The highest BCUT2D eigenvalue weighted by molar-refractivity contribution is 7.90. The standard InChI is InChI=1S/C33H37N5O5S/c1-21-9-15-26(16-10-21)44(41,42)36-18-17-27-31(36)34-20-28-29(22-11-13-25(43-5)14-12-22)35-30(37(27)28)23-7-6-8-24(19-23)38(32(39)40)33(2,3)4/h9-18,20,23-24H,6-8,19H2,1-5H3,(H,39,40)/t23-,24+/m1/s1. The molecule has 3 heterocycles. The van der Waals surface area contributed by atoms with E-state index in [-0.39, 0.29) is 16.9 Å². The van der Waals surface area contributed by atoms with E-state index in [1.807, 2.05) is 56.4 Å². The molecule has 1 saturated carbocycles. The van der Waals surface area contributed by atoms with E-state index in [1.165, 1.54) is 3.97 Å². The molecule has 1 fully saturated rings. The summed E-state index contributed by atoms with van der Waals surface area (Å²) >= 11 is 0. The summed E-state index contributed by atoms with van der Waals surface area (Å²) in [5.41, 5.74) is 3.67. The zero-order valence-electron chi connectivity index (χ0n) is 25.6. The van der Waals surface area contributed by atoms with E-state index >= 15 is 0 Å². The minimum atomic E-state index is -3.91. The van der Waals surface area contributed by atoms with Crippen molar-refractivity contribution in [1.29, 1.82) is 0 Å². The topological polar surface area (TPSA) is 119 Å². The van der Waals surface area contributed by atoms with Gasteiger partial charge in [-0.25, -0.2) is 27.2 Å². The maximum Gasteiger partial charge on any atom is 0.407 e. The summed E-state index contributed by atoms with van der Waals surface area (Å²) in [6, 6.07) is 16.0. The average molecular weight is 616 g/mol. The first-order valence-electron chi connectivity index (χ1n) is 14.8. The summed E-state index contributed by atoms with van der Waals surface area (Å²) in [4.78, 5) is 24.0. The number of carboxylic acid groups (broad SMARTS) is 1. The molecule has 2 atom stereocenters. The number of imidazole rings is 1. The van der Waals surface area contributed by atoms with E-state index in [0.717, 1.165) is 53.2 Å². The van der Waals surface area contributed by atoms with Gasteiger partial charge >= 0.3 is 6.09 Å². The number of amides is 1. The van der Waals surface area contributed by atoms with Crippen molar-refractivity contribution in [3.63, 3.8) is 0 Å². The Bertz CT molecular complexity index is 1950. The maximum absolute atomic E-state index is 13.7. The van der Waals surface area contributed by atoms with Crippen LogP contribution in [0.4, 0.5) is 4.79 Å². The Morgan fingerprint density at radius 2 is 1.73 bits per heavy atom. The van der Waals surface area contributed by atoms with Crippen molar-refractivity contribution in [3.05, 3.63) is 78.4 Å². The number of carbonyl (C=O) groups is 1. The number of fused-ring (bicyclic) bond motifs is 3. The SMILES string of the molecule is COc1ccc(-c2nc([C@@H]3CCC[C@H](N(C(=O)O)C(C)(C)C)C3)n3c2cnc2c3ccn2S(=O)(=O)c2ccc(C)cc2)cc1. The number of hydrogen-bond donors (Lipinski definition) is 1. The van der Waals surface area contributed by atoms with Gasteiger partial charge < -0.3 is 14.7 Å². The molecule has 0 spiro atoms. The predicted molar refractivity (Wildman–Crippen MR) is 169 cm³/mol. The molecule has 3 aromatic heterocycles. The Morgan fingerprint density at radius 1 is 1.02 bits per heavy atom. The second-order valence-corrected chi connectivity index (χ2v) is 14.3. The van der Waals surface area contributed by atoms with Crippen LogP contribution in [-0.4, -0.2) is 61.5 Å². The van der Waals surface area contributed by atoms with Gasteiger partial charge in [0, 0.05) is 29.3 Å². The molecular formula is C33H37N5O5S. The van der Waals surface area contributed by atoms with Gasteiger partial charge in [-0.3, -0.25) is 4.40 Å². The average Bonchev–Trinajstić information content (AvgIpc) is 3.59. The van der Waals surface area contributed by atoms with Crippen LogP contribution in [0.2, 0.25) is 0 Å². The van der Waals surface area contributed by atoms with Crippen LogP contribution < -0.4 is 4.74 Å². The molecule has 2 aromatic carbocycles. The van der Waals surface area contributed by atoms with Crippen molar-refractivity contribution in [1.82, 2.24) is 23.2 Å². The van der Waals surface area contributed by atoms with E-state index < -0.39 is 21.7 Å². The van der Waals surface area contributed by atoms with E-state index in [0.29, 0.717) is 17.6 Å². The van der Waals surface area contributed by atoms with E-state index in [9.17, 15) is 18.3 Å². The summed E-state index contributed by atoms with van der Waals surface area (Å²) in [6.07, 6.45) is 5.35. The molecule has 1 aliphatic rings. The first-order chi connectivity index (χ1) is 20.9. The highest BCUT2D eigenvalue weighted by atomic mass is 32.2. The predicted octanol–water partition coefficient (Wildman–Crippen LogP) is 6.71. The van der Waals surface area contributed by atoms with Crippen molar-refractivity contribution < 1.29 is 23.1 Å². The third kappa shape index (κ3) is 5.08. The van der Waals surface area contributed by atoms with Crippen LogP contribution in [0.1, 0.15) is 63.8 Å². The lowest BCUT2D eigenvalue weighted by Crippen LogP contribution is -2.52. The fourth-order valence-corrected chi connectivity index (χ4v) is 7.81. The first-order valence-corrected chi connectivity index (χ1v) is 16.2. The summed E-state index contributed by atoms with van der Waals surface area (Å²) in [7, 11) is -2.29. The molecule has 11 heteroatoms. The van der Waals surface area contributed by atoms with Crippen LogP contribution in [0.3, 0.4) is 0 Å². The lowest BCUT2D eigenvalue weighted by atomic mass is 9.83. The quantitative estimate of drug-likeness (QED) is 0.226. The molecule has 1 aliphatic carbocycles. The van der Waals surface area contributed by atoms with Gasteiger partial charge in [0.2, 0.25) is 0 Å². The van der Waals surface area contributed by atoms with Crippen LogP contribution in [-0.2, 0) is 10.0 Å². The molecule has 0 bridgehead atoms. The Hall–Kier alpha value is -4.38. The number of aryl methyl sites for hydroxylation is 1. The van der Waals surface area contributed by atoms with Gasteiger partial charge in [-0.05, 0) is 89.4 Å². The van der Waals surface area contributed by atoms with Gasteiger partial charge in [0.25, 0.3) is 10.0 Å². The third-order valence-corrected chi connectivity index (χ3v) is 10.2. The Kier molecular flexibility index (Phi) is 7.39. The van der Waals surface area contributed by atoms with E-state index in [4.69, 9.17) is 9.72 Å². The smallest absolute Gasteiger partial charge is 0.407 e. The normalized spacial score (nSPS) is 17.7. The zero-order valence-corrected chi connectivity index (χ0v) is 26.4. The molecule has 1 amide bonds. The summed E-state index contributed by atoms with van der Waals surface area (Å²) in [6.45, 7) is 7.67. The lowest BCUT2D eigenvalue weighted by molar-refractivity contribution is 0.0530. The minimum absolute atomic E-state index is 0.0555. The fraction of sp³-hybridized carbons (Fsp3) is 0.364. The Balaban J connectivity index is 1.53. The number of aromatic nitrogens is 4.